The minimum Gasteiger partial charge on any atom is -0.355 e. The second-order valence-corrected chi connectivity index (χ2v) is 6.10. The molecule has 7 nitrogen and oxygen atoms in total. The smallest absolute Gasteiger partial charge is 0.204 e. The number of hydrogen-bond acceptors (Lipinski definition) is 5. The first-order valence-corrected chi connectivity index (χ1v) is 8.85. The zero-order chi connectivity index (χ0) is 17.0. The van der Waals surface area contributed by atoms with Crippen molar-refractivity contribution in [1.29, 1.82) is 5.26 Å². The van der Waals surface area contributed by atoms with Gasteiger partial charge in [0.2, 0.25) is 5.96 Å². The highest BCUT2D eigenvalue weighted by atomic mass is 32.2. The second kappa shape index (κ2) is 10.3. The number of pyridine rings is 1. The molecule has 3 N–H and O–H groups in total. The van der Waals surface area contributed by atoms with Gasteiger partial charge in [0.15, 0.2) is 6.19 Å². The van der Waals surface area contributed by atoms with Crippen LogP contribution in [0.2, 0.25) is 0 Å². The molecule has 2 rings (SSSR count). The van der Waals surface area contributed by atoms with E-state index in [1.165, 1.54) is 0 Å². The zero-order valence-corrected chi connectivity index (χ0v) is 14.4. The minimum absolute atomic E-state index is 0.505. The van der Waals surface area contributed by atoms with E-state index in [1.807, 2.05) is 31.3 Å². The number of aryl methyl sites for hydroxylation is 1. The molecular weight excluding hydrogens is 322 g/mol. The van der Waals surface area contributed by atoms with Crippen LogP contribution in [0.4, 0.5) is 0 Å². The Bertz CT molecular complexity index is 675. The van der Waals surface area contributed by atoms with Crippen LogP contribution in [-0.2, 0) is 12.2 Å². The van der Waals surface area contributed by atoms with E-state index in [0.29, 0.717) is 19.0 Å². The van der Waals surface area contributed by atoms with Gasteiger partial charge in [0.05, 0.1) is 18.6 Å². The number of H-pyrrole nitrogens is 1. The van der Waals surface area contributed by atoms with Crippen molar-refractivity contribution in [2.24, 2.45) is 4.99 Å². The molecule has 0 spiro atoms. The lowest BCUT2D eigenvalue weighted by atomic mass is 10.3. The average molecular weight is 343 g/mol. The number of aliphatic imine (C=N–C) groups is 1. The lowest BCUT2D eigenvalue weighted by molar-refractivity contribution is 0.819. The number of nitriles is 1. The van der Waals surface area contributed by atoms with Crippen molar-refractivity contribution in [2.45, 2.75) is 19.1 Å². The Kier molecular flexibility index (Phi) is 7.63. The van der Waals surface area contributed by atoms with Crippen LogP contribution >= 0.6 is 11.8 Å². The lowest BCUT2D eigenvalue weighted by Crippen LogP contribution is -2.36. The number of hydrogen-bond donors (Lipinski definition) is 3. The lowest BCUT2D eigenvalue weighted by Gasteiger charge is -2.07. The molecule has 0 aromatic carbocycles. The van der Waals surface area contributed by atoms with Crippen LogP contribution < -0.4 is 10.6 Å². The van der Waals surface area contributed by atoms with Crippen LogP contribution in [0.1, 0.15) is 17.1 Å². The Balaban J connectivity index is 1.68. The number of rotatable bonds is 8. The van der Waals surface area contributed by atoms with Gasteiger partial charge >= 0.3 is 0 Å². The maximum Gasteiger partial charge on any atom is 0.204 e. The molecule has 0 fully saturated rings. The van der Waals surface area contributed by atoms with Gasteiger partial charge in [-0.15, -0.1) is 0 Å². The fourth-order valence-electron chi connectivity index (χ4n) is 1.97. The van der Waals surface area contributed by atoms with Crippen LogP contribution in [-0.4, -0.2) is 39.8 Å². The molecule has 0 radical (unpaired) electrons. The third kappa shape index (κ3) is 6.30. The van der Waals surface area contributed by atoms with E-state index in [1.54, 1.807) is 24.3 Å². The maximum absolute atomic E-state index is 8.80. The van der Waals surface area contributed by atoms with E-state index >= 15 is 0 Å². The standard InChI is InChI=1S/C16H21N7S/c1-13-15(23-12-22-13)10-24-9-8-20-16(21-11-17)19-7-5-14-4-2-3-6-18-14/h2-4,6,12H,5,7-10H2,1H3,(H,22,23)(H2,19,20,21). The number of imidazole rings is 1. The van der Waals surface area contributed by atoms with Crippen molar-refractivity contribution >= 4 is 17.7 Å². The molecule has 0 aliphatic heterocycles. The summed E-state index contributed by atoms with van der Waals surface area (Å²) < 4.78 is 0. The molecule has 0 aliphatic carbocycles. The monoisotopic (exact) mass is 343 g/mol. The van der Waals surface area contributed by atoms with Crippen molar-refractivity contribution in [3.05, 3.63) is 47.8 Å². The number of nitrogens with one attached hydrogen (secondary N) is 3. The fourth-order valence-corrected chi connectivity index (χ4v) is 2.82. The van der Waals surface area contributed by atoms with Gasteiger partial charge < -0.3 is 10.3 Å². The van der Waals surface area contributed by atoms with Gasteiger partial charge in [-0.3, -0.25) is 15.3 Å². The Labute approximate surface area is 146 Å². The van der Waals surface area contributed by atoms with Gasteiger partial charge in [-0.05, 0) is 19.1 Å². The number of nitrogens with zero attached hydrogens (tertiary/aromatic N) is 4. The Morgan fingerprint density at radius 3 is 3.04 bits per heavy atom. The summed E-state index contributed by atoms with van der Waals surface area (Å²) in [5.41, 5.74) is 3.19. The predicted octanol–water partition coefficient (Wildman–Crippen LogP) is 1.61. The third-order valence-electron chi connectivity index (χ3n) is 3.25. The van der Waals surface area contributed by atoms with Gasteiger partial charge in [-0.2, -0.15) is 17.0 Å². The molecule has 0 atom stereocenters. The van der Waals surface area contributed by atoms with E-state index in [0.717, 1.165) is 35.0 Å². The Morgan fingerprint density at radius 2 is 2.33 bits per heavy atom. The molecule has 24 heavy (non-hydrogen) atoms. The molecule has 2 heterocycles. The van der Waals surface area contributed by atoms with E-state index < -0.39 is 0 Å². The highest BCUT2D eigenvalue weighted by molar-refractivity contribution is 7.98. The largest absolute Gasteiger partial charge is 0.355 e. The number of guanidine groups is 1. The first-order chi connectivity index (χ1) is 11.8. The van der Waals surface area contributed by atoms with Crippen LogP contribution in [0.15, 0.2) is 35.7 Å². The van der Waals surface area contributed by atoms with Crippen LogP contribution in [0.5, 0.6) is 0 Å². The molecule has 0 aliphatic rings. The van der Waals surface area contributed by atoms with Crippen LogP contribution in [0.25, 0.3) is 0 Å². The van der Waals surface area contributed by atoms with Gasteiger partial charge in [0.1, 0.15) is 0 Å². The predicted molar refractivity (Wildman–Crippen MR) is 96.5 cm³/mol. The second-order valence-electron chi connectivity index (χ2n) is 4.99. The molecule has 0 unspecified atom stereocenters. The van der Waals surface area contributed by atoms with Crippen molar-refractivity contribution in [3.63, 3.8) is 0 Å². The van der Waals surface area contributed by atoms with Crippen LogP contribution in [0.3, 0.4) is 0 Å². The van der Waals surface area contributed by atoms with E-state index in [9.17, 15) is 0 Å². The molecule has 2 aromatic rings. The molecule has 126 valence electrons. The summed E-state index contributed by atoms with van der Waals surface area (Å²) in [7, 11) is 0. The van der Waals surface area contributed by atoms with Crippen LogP contribution in [0, 0.1) is 18.4 Å². The SMILES string of the molecule is Cc1[nH]cnc1CSCCN=C(NC#N)NCCc1ccccn1. The highest BCUT2D eigenvalue weighted by Gasteiger charge is 2.01. The molecule has 8 heteroatoms. The summed E-state index contributed by atoms with van der Waals surface area (Å²) in [4.78, 5) is 16.0. The quantitative estimate of drug-likeness (QED) is 0.221. The molecular formula is C16H21N7S. The van der Waals surface area contributed by atoms with Gasteiger partial charge in [-0.25, -0.2) is 4.98 Å². The van der Waals surface area contributed by atoms with Gasteiger partial charge in [-0.1, -0.05) is 6.07 Å². The summed E-state index contributed by atoms with van der Waals surface area (Å²) in [6.45, 7) is 3.32. The average Bonchev–Trinajstić information content (AvgIpc) is 3.00. The normalized spacial score (nSPS) is 11.1. The first kappa shape index (κ1) is 17.8. The molecule has 0 amide bonds. The van der Waals surface area contributed by atoms with E-state index in [-0.39, 0.29) is 0 Å². The summed E-state index contributed by atoms with van der Waals surface area (Å²) in [6, 6.07) is 5.83. The topological polar surface area (TPSA) is 102 Å². The Morgan fingerprint density at radius 1 is 1.42 bits per heavy atom. The molecule has 0 saturated heterocycles. The summed E-state index contributed by atoms with van der Waals surface area (Å²) in [6.07, 6.45) is 6.17. The van der Waals surface area contributed by atoms with E-state index in [4.69, 9.17) is 5.26 Å². The Hall–Kier alpha value is -2.53. The van der Waals surface area contributed by atoms with Gasteiger partial charge in [0, 0.05) is 42.1 Å². The minimum atomic E-state index is 0.505. The molecule has 2 aromatic heterocycles. The van der Waals surface area contributed by atoms with Crippen molar-refractivity contribution < 1.29 is 0 Å². The number of aromatic amines is 1. The summed E-state index contributed by atoms with van der Waals surface area (Å²) in [5, 5.41) is 14.5. The number of thioether (sulfide) groups is 1. The summed E-state index contributed by atoms with van der Waals surface area (Å²) in [5.74, 6) is 2.23. The third-order valence-corrected chi connectivity index (χ3v) is 4.20. The van der Waals surface area contributed by atoms with Crippen molar-refractivity contribution in [1.82, 2.24) is 25.6 Å². The van der Waals surface area contributed by atoms with Crippen molar-refractivity contribution in [2.75, 3.05) is 18.8 Å². The molecule has 0 saturated carbocycles. The zero-order valence-electron chi connectivity index (χ0n) is 13.6. The van der Waals surface area contributed by atoms with E-state index in [2.05, 4.69) is 30.6 Å². The van der Waals surface area contributed by atoms with Crippen molar-refractivity contribution in [3.8, 4) is 6.19 Å². The van der Waals surface area contributed by atoms with Gasteiger partial charge in [0.25, 0.3) is 0 Å². The number of aromatic nitrogens is 3. The molecule has 0 bridgehead atoms. The fraction of sp³-hybridized carbons (Fsp3) is 0.375. The highest BCUT2D eigenvalue weighted by Crippen LogP contribution is 2.11. The first-order valence-electron chi connectivity index (χ1n) is 7.69. The maximum atomic E-state index is 8.80. The summed E-state index contributed by atoms with van der Waals surface area (Å²) >= 11 is 1.77.